The number of amides is 2. The Labute approximate surface area is 147 Å². The standard InChI is InChI=1S/C20H21NO2S/c1-13-9-14(2)11-15(10-13)24-12-20(3)17-8-6-5-7-16(17)18(22)21(4)19(20)23/h5-11H,12H2,1-4H3. The van der Waals surface area contributed by atoms with Gasteiger partial charge in [-0.2, -0.15) is 0 Å². The van der Waals surface area contributed by atoms with Gasteiger partial charge in [-0.25, -0.2) is 0 Å². The molecule has 0 saturated carbocycles. The van der Waals surface area contributed by atoms with Crippen molar-refractivity contribution in [3.8, 4) is 0 Å². The molecule has 0 aliphatic carbocycles. The largest absolute Gasteiger partial charge is 0.281 e. The van der Waals surface area contributed by atoms with Gasteiger partial charge in [0.1, 0.15) is 0 Å². The zero-order valence-electron chi connectivity index (χ0n) is 14.4. The van der Waals surface area contributed by atoms with Gasteiger partial charge in [-0.3, -0.25) is 14.5 Å². The fraction of sp³-hybridized carbons (Fsp3) is 0.300. The van der Waals surface area contributed by atoms with E-state index in [4.69, 9.17) is 0 Å². The second-order valence-electron chi connectivity index (χ2n) is 6.66. The van der Waals surface area contributed by atoms with Crippen LogP contribution in [0.2, 0.25) is 0 Å². The van der Waals surface area contributed by atoms with E-state index in [0.717, 1.165) is 10.5 Å². The molecule has 0 bridgehead atoms. The predicted molar refractivity (Wildman–Crippen MR) is 97.5 cm³/mol. The van der Waals surface area contributed by atoms with E-state index in [2.05, 4.69) is 32.0 Å². The van der Waals surface area contributed by atoms with Gasteiger partial charge in [-0.1, -0.05) is 24.3 Å². The van der Waals surface area contributed by atoms with Gasteiger partial charge in [0.15, 0.2) is 0 Å². The van der Waals surface area contributed by atoms with E-state index in [1.807, 2.05) is 25.1 Å². The first-order chi connectivity index (χ1) is 11.3. The number of benzene rings is 2. The van der Waals surface area contributed by atoms with E-state index in [1.54, 1.807) is 24.9 Å². The normalized spacial score (nSPS) is 20.2. The highest BCUT2D eigenvalue weighted by Crippen LogP contribution is 2.38. The van der Waals surface area contributed by atoms with Gasteiger partial charge < -0.3 is 0 Å². The van der Waals surface area contributed by atoms with Crippen molar-refractivity contribution in [1.29, 1.82) is 0 Å². The summed E-state index contributed by atoms with van der Waals surface area (Å²) in [6.07, 6.45) is 0. The quantitative estimate of drug-likeness (QED) is 0.627. The second-order valence-corrected chi connectivity index (χ2v) is 7.71. The summed E-state index contributed by atoms with van der Waals surface area (Å²) in [7, 11) is 1.57. The highest BCUT2D eigenvalue weighted by molar-refractivity contribution is 7.99. The summed E-state index contributed by atoms with van der Waals surface area (Å²) in [6, 6.07) is 13.9. The SMILES string of the molecule is Cc1cc(C)cc(SCC2(C)C(=O)N(C)C(=O)c3ccccc32)c1. The number of fused-ring (bicyclic) bond motifs is 1. The molecule has 1 aliphatic heterocycles. The lowest BCUT2D eigenvalue weighted by Crippen LogP contribution is -2.52. The van der Waals surface area contributed by atoms with Crippen LogP contribution in [-0.4, -0.2) is 29.5 Å². The first kappa shape index (κ1) is 16.8. The third-order valence-corrected chi connectivity index (χ3v) is 5.85. The van der Waals surface area contributed by atoms with Crippen molar-refractivity contribution in [2.45, 2.75) is 31.1 Å². The lowest BCUT2D eigenvalue weighted by atomic mass is 9.77. The van der Waals surface area contributed by atoms with Crippen molar-refractivity contribution >= 4 is 23.6 Å². The van der Waals surface area contributed by atoms with Crippen molar-refractivity contribution in [3.63, 3.8) is 0 Å². The number of carbonyl (C=O) groups is 2. The van der Waals surface area contributed by atoms with Crippen LogP contribution in [0, 0.1) is 13.8 Å². The van der Waals surface area contributed by atoms with Crippen LogP contribution in [0.3, 0.4) is 0 Å². The first-order valence-corrected chi connectivity index (χ1v) is 8.94. The van der Waals surface area contributed by atoms with E-state index >= 15 is 0 Å². The summed E-state index contributed by atoms with van der Waals surface area (Å²) in [5.74, 6) is 0.246. The molecular formula is C20H21NO2S. The molecule has 3 rings (SSSR count). The number of thioether (sulfide) groups is 1. The second kappa shape index (κ2) is 6.10. The van der Waals surface area contributed by atoms with Crippen LogP contribution in [0.15, 0.2) is 47.4 Å². The first-order valence-electron chi connectivity index (χ1n) is 7.96. The van der Waals surface area contributed by atoms with Crippen molar-refractivity contribution in [1.82, 2.24) is 4.90 Å². The van der Waals surface area contributed by atoms with Crippen molar-refractivity contribution in [2.75, 3.05) is 12.8 Å². The van der Waals surface area contributed by atoms with E-state index < -0.39 is 5.41 Å². The van der Waals surface area contributed by atoms with Crippen LogP contribution >= 0.6 is 11.8 Å². The Bertz CT molecular complexity index is 810. The Morgan fingerprint density at radius 2 is 1.67 bits per heavy atom. The molecule has 2 amide bonds. The molecule has 2 aromatic carbocycles. The minimum Gasteiger partial charge on any atom is -0.281 e. The number of nitrogens with zero attached hydrogens (tertiary/aromatic N) is 1. The van der Waals surface area contributed by atoms with Crippen molar-refractivity contribution in [3.05, 3.63) is 64.7 Å². The summed E-state index contributed by atoms with van der Waals surface area (Å²) < 4.78 is 0. The number of hydrogen-bond donors (Lipinski definition) is 0. The smallest absolute Gasteiger partial charge is 0.260 e. The summed E-state index contributed by atoms with van der Waals surface area (Å²) in [5, 5.41) is 0. The Kier molecular flexibility index (Phi) is 4.26. The molecule has 1 atom stereocenters. The number of rotatable bonds is 3. The maximum Gasteiger partial charge on any atom is 0.260 e. The Hall–Kier alpha value is -2.07. The van der Waals surface area contributed by atoms with Crippen molar-refractivity contribution in [2.24, 2.45) is 0 Å². The van der Waals surface area contributed by atoms with Crippen LogP contribution in [-0.2, 0) is 10.2 Å². The fourth-order valence-corrected chi connectivity index (χ4v) is 4.57. The summed E-state index contributed by atoms with van der Waals surface area (Å²) >= 11 is 1.67. The fourth-order valence-electron chi connectivity index (χ4n) is 3.29. The molecule has 24 heavy (non-hydrogen) atoms. The molecule has 1 heterocycles. The number of aryl methyl sites for hydroxylation is 2. The third-order valence-electron chi connectivity index (χ3n) is 4.56. The lowest BCUT2D eigenvalue weighted by molar-refractivity contribution is -0.132. The summed E-state index contributed by atoms with van der Waals surface area (Å²) in [5.41, 5.74) is 3.18. The predicted octanol–water partition coefficient (Wildman–Crippen LogP) is 3.97. The van der Waals surface area contributed by atoms with E-state index in [1.165, 1.54) is 16.0 Å². The monoisotopic (exact) mass is 339 g/mol. The number of likely N-dealkylation sites (N-methyl/N-ethyl adjacent to an activating group) is 1. The van der Waals surface area contributed by atoms with E-state index in [-0.39, 0.29) is 11.8 Å². The minimum absolute atomic E-state index is 0.136. The molecule has 4 heteroatoms. The van der Waals surface area contributed by atoms with Gasteiger partial charge >= 0.3 is 0 Å². The number of hydrogen-bond acceptors (Lipinski definition) is 3. The zero-order valence-corrected chi connectivity index (χ0v) is 15.2. The third kappa shape index (κ3) is 2.75. The van der Waals surface area contributed by atoms with Gasteiger partial charge in [0.05, 0.1) is 5.41 Å². The topological polar surface area (TPSA) is 37.4 Å². The maximum absolute atomic E-state index is 12.9. The van der Waals surface area contributed by atoms with Gasteiger partial charge in [-0.05, 0) is 55.7 Å². The van der Waals surface area contributed by atoms with E-state index in [9.17, 15) is 9.59 Å². The Morgan fingerprint density at radius 3 is 2.33 bits per heavy atom. The molecule has 1 unspecified atom stereocenters. The minimum atomic E-state index is -0.707. The highest BCUT2D eigenvalue weighted by Gasteiger charge is 2.45. The van der Waals surface area contributed by atoms with Crippen LogP contribution in [0.25, 0.3) is 0 Å². The molecule has 1 aliphatic rings. The Morgan fingerprint density at radius 1 is 1.04 bits per heavy atom. The zero-order chi connectivity index (χ0) is 17.5. The molecule has 0 spiro atoms. The van der Waals surface area contributed by atoms with E-state index in [0.29, 0.717) is 11.3 Å². The molecular weight excluding hydrogens is 318 g/mol. The summed E-state index contributed by atoms with van der Waals surface area (Å²) in [6.45, 7) is 6.09. The molecule has 0 saturated heterocycles. The molecule has 0 N–H and O–H groups in total. The van der Waals surface area contributed by atoms with Gasteiger partial charge in [0, 0.05) is 23.3 Å². The molecule has 0 fully saturated rings. The lowest BCUT2D eigenvalue weighted by Gasteiger charge is -2.38. The van der Waals surface area contributed by atoms with Crippen LogP contribution < -0.4 is 0 Å². The van der Waals surface area contributed by atoms with Crippen LogP contribution in [0.4, 0.5) is 0 Å². The van der Waals surface area contributed by atoms with Gasteiger partial charge in [0.25, 0.3) is 5.91 Å². The van der Waals surface area contributed by atoms with Crippen LogP contribution in [0.1, 0.15) is 34.0 Å². The molecule has 0 radical (unpaired) electrons. The Balaban J connectivity index is 1.97. The average molecular weight is 339 g/mol. The van der Waals surface area contributed by atoms with Crippen LogP contribution in [0.5, 0.6) is 0 Å². The summed E-state index contributed by atoms with van der Waals surface area (Å²) in [4.78, 5) is 27.6. The van der Waals surface area contributed by atoms with Gasteiger partial charge in [-0.15, -0.1) is 11.8 Å². The average Bonchev–Trinajstić information content (AvgIpc) is 2.56. The molecule has 2 aromatic rings. The van der Waals surface area contributed by atoms with Crippen molar-refractivity contribution < 1.29 is 9.59 Å². The molecule has 3 nitrogen and oxygen atoms in total. The molecule has 124 valence electrons. The molecule has 0 aromatic heterocycles. The van der Waals surface area contributed by atoms with Gasteiger partial charge in [0.2, 0.25) is 5.91 Å². The number of imide groups is 1. The number of carbonyl (C=O) groups excluding carboxylic acids is 2. The highest BCUT2D eigenvalue weighted by atomic mass is 32.2. The maximum atomic E-state index is 12.9.